The van der Waals surface area contributed by atoms with E-state index in [1.165, 1.54) is 11.8 Å². The maximum absolute atomic E-state index is 10.9. The molecule has 0 unspecified atom stereocenters. The number of nitriles is 1. The van der Waals surface area contributed by atoms with Crippen molar-refractivity contribution in [3.8, 4) is 6.07 Å². The zero-order valence-corrected chi connectivity index (χ0v) is 11.9. The summed E-state index contributed by atoms with van der Waals surface area (Å²) >= 11 is 7.36. The fourth-order valence-corrected chi connectivity index (χ4v) is 2.79. The van der Waals surface area contributed by atoms with Gasteiger partial charge in [0.05, 0.1) is 18.1 Å². The molecule has 0 spiro atoms. The average molecular weight is 304 g/mol. The highest BCUT2D eigenvalue weighted by Crippen LogP contribution is 2.32. The van der Waals surface area contributed by atoms with E-state index in [9.17, 15) is 4.79 Å². The zero-order chi connectivity index (χ0) is 14.5. The number of carboxylic acid groups (broad SMARTS) is 1. The van der Waals surface area contributed by atoms with Crippen LogP contribution in [0.4, 0.5) is 0 Å². The SMILES string of the molecule is N#Cc1ccc(Sc2ccc(Cl)cc2CC(=O)O)cc1. The lowest BCUT2D eigenvalue weighted by Gasteiger charge is -2.08. The molecule has 0 saturated carbocycles. The lowest BCUT2D eigenvalue weighted by atomic mass is 10.1. The van der Waals surface area contributed by atoms with E-state index >= 15 is 0 Å². The van der Waals surface area contributed by atoms with Gasteiger partial charge in [0.1, 0.15) is 0 Å². The molecule has 0 fully saturated rings. The van der Waals surface area contributed by atoms with Crippen LogP contribution in [0.5, 0.6) is 0 Å². The summed E-state index contributed by atoms with van der Waals surface area (Å²) in [5, 5.41) is 18.2. The van der Waals surface area contributed by atoms with Crippen molar-refractivity contribution in [3.63, 3.8) is 0 Å². The number of aliphatic carboxylic acids is 1. The third kappa shape index (κ3) is 3.77. The lowest BCUT2D eigenvalue weighted by molar-refractivity contribution is -0.136. The van der Waals surface area contributed by atoms with Crippen LogP contribution in [0.3, 0.4) is 0 Å². The molecule has 0 aliphatic carbocycles. The Morgan fingerprint density at radius 3 is 2.55 bits per heavy atom. The Morgan fingerprint density at radius 1 is 1.25 bits per heavy atom. The van der Waals surface area contributed by atoms with E-state index in [-0.39, 0.29) is 6.42 Å². The number of carboxylic acids is 1. The van der Waals surface area contributed by atoms with Gasteiger partial charge in [0, 0.05) is 14.8 Å². The van der Waals surface area contributed by atoms with Crippen LogP contribution in [0.1, 0.15) is 11.1 Å². The van der Waals surface area contributed by atoms with Crippen molar-refractivity contribution >= 4 is 29.3 Å². The molecule has 0 heterocycles. The van der Waals surface area contributed by atoms with E-state index in [1.54, 1.807) is 24.3 Å². The summed E-state index contributed by atoms with van der Waals surface area (Å²) in [4.78, 5) is 12.7. The highest BCUT2D eigenvalue weighted by atomic mass is 35.5. The predicted octanol–water partition coefficient (Wildman–Crippen LogP) is 3.99. The van der Waals surface area contributed by atoms with E-state index in [1.807, 2.05) is 18.2 Å². The summed E-state index contributed by atoms with van der Waals surface area (Å²) < 4.78 is 0. The number of benzene rings is 2. The molecule has 3 nitrogen and oxygen atoms in total. The molecular formula is C15H10ClNO2S. The molecule has 0 atom stereocenters. The van der Waals surface area contributed by atoms with Gasteiger partial charge in [-0.05, 0) is 48.0 Å². The standard InChI is InChI=1S/C15H10ClNO2S/c16-12-3-6-14(11(7-12)8-15(18)19)20-13-4-1-10(9-17)2-5-13/h1-7H,8H2,(H,18,19). The van der Waals surface area contributed by atoms with Crippen LogP contribution in [0, 0.1) is 11.3 Å². The van der Waals surface area contributed by atoms with Crippen LogP contribution in [-0.2, 0) is 11.2 Å². The molecule has 2 aromatic carbocycles. The van der Waals surface area contributed by atoms with Crippen molar-refractivity contribution < 1.29 is 9.90 Å². The number of rotatable bonds is 4. The molecule has 2 rings (SSSR count). The van der Waals surface area contributed by atoms with Crippen LogP contribution < -0.4 is 0 Å². The molecule has 20 heavy (non-hydrogen) atoms. The molecule has 0 radical (unpaired) electrons. The second kappa shape index (κ2) is 6.47. The Hall–Kier alpha value is -1.96. The minimum Gasteiger partial charge on any atom is -0.481 e. The van der Waals surface area contributed by atoms with Gasteiger partial charge in [-0.3, -0.25) is 4.79 Å². The first-order valence-corrected chi connectivity index (χ1v) is 6.96. The summed E-state index contributed by atoms with van der Waals surface area (Å²) in [5.41, 5.74) is 1.27. The van der Waals surface area contributed by atoms with Gasteiger partial charge in [-0.15, -0.1) is 0 Å². The molecule has 0 aliphatic rings. The van der Waals surface area contributed by atoms with Crippen LogP contribution in [-0.4, -0.2) is 11.1 Å². The Labute approximate surface area is 125 Å². The zero-order valence-electron chi connectivity index (χ0n) is 10.3. The predicted molar refractivity (Wildman–Crippen MR) is 78.1 cm³/mol. The third-order valence-corrected chi connectivity index (χ3v) is 3.94. The van der Waals surface area contributed by atoms with E-state index in [4.69, 9.17) is 22.0 Å². The smallest absolute Gasteiger partial charge is 0.307 e. The molecule has 0 saturated heterocycles. The molecule has 100 valence electrons. The second-order valence-corrected chi connectivity index (χ2v) is 5.61. The average Bonchev–Trinajstić information content (AvgIpc) is 2.42. The monoisotopic (exact) mass is 303 g/mol. The van der Waals surface area contributed by atoms with Crippen molar-refractivity contribution in [1.82, 2.24) is 0 Å². The van der Waals surface area contributed by atoms with Crippen molar-refractivity contribution in [3.05, 3.63) is 58.6 Å². The quantitative estimate of drug-likeness (QED) is 0.927. The highest BCUT2D eigenvalue weighted by molar-refractivity contribution is 7.99. The Kier molecular flexibility index (Phi) is 4.67. The van der Waals surface area contributed by atoms with Crippen LogP contribution >= 0.6 is 23.4 Å². The third-order valence-electron chi connectivity index (χ3n) is 2.58. The van der Waals surface area contributed by atoms with E-state index in [2.05, 4.69) is 6.07 Å². The van der Waals surface area contributed by atoms with Gasteiger partial charge in [0.2, 0.25) is 0 Å². The normalized spacial score (nSPS) is 10.0. The number of halogens is 1. The molecule has 0 bridgehead atoms. The van der Waals surface area contributed by atoms with Gasteiger partial charge in [-0.25, -0.2) is 0 Å². The minimum atomic E-state index is -0.894. The Morgan fingerprint density at radius 2 is 1.95 bits per heavy atom. The summed E-state index contributed by atoms with van der Waals surface area (Å²) in [5.74, 6) is -0.894. The highest BCUT2D eigenvalue weighted by Gasteiger charge is 2.09. The van der Waals surface area contributed by atoms with E-state index in [0.29, 0.717) is 16.1 Å². The molecule has 2 aromatic rings. The largest absolute Gasteiger partial charge is 0.481 e. The van der Waals surface area contributed by atoms with E-state index in [0.717, 1.165) is 9.79 Å². The molecule has 1 N–H and O–H groups in total. The molecule has 0 aromatic heterocycles. The lowest BCUT2D eigenvalue weighted by Crippen LogP contribution is -2.01. The van der Waals surface area contributed by atoms with Crippen molar-refractivity contribution in [2.24, 2.45) is 0 Å². The summed E-state index contributed by atoms with van der Waals surface area (Å²) in [6.07, 6.45) is -0.0703. The summed E-state index contributed by atoms with van der Waals surface area (Å²) in [6, 6.07) is 14.4. The fourth-order valence-electron chi connectivity index (χ4n) is 1.67. The number of hydrogen-bond acceptors (Lipinski definition) is 3. The molecular weight excluding hydrogens is 294 g/mol. The van der Waals surface area contributed by atoms with Crippen molar-refractivity contribution in [2.75, 3.05) is 0 Å². The summed E-state index contributed by atoms with van der Waals surface area (Å²) in [6.45, 7) is 0. The summed E-state index contributed by atoms with van der Waals surface area (Å²) in [7, 11) is 0. The maximum Gasteiger partial charge on any atom is 0.307 e. The fraction of sp³-hybridized carbons (Fsp3) is 0.0667. The maximum atomic E-state index is 10.9. The molecule has 0 aliphatic heterocycles. The first-order valence-electron chi connectivity index (χ1n) is 5.77. The van der Waals surface area contributed by atoms with Crippen molar-refractivity contribution in [1.29, 1.82) is 5.26 Å². The van der Waals surface area contributed by atoms with Gasteiger partial charge in [-0.2, -0.15) is 5.26 Å². The van der Waals surface area contributed by atoms with Gasteiger partial charge in [0.25, 0.3) is 0 Å². The number of carbonyl (C=O) groups is 1. The number of hydrogen-bond donors (Lipinski definition) is 1. The minimum absolute atomic E-state index is 0.0703. The van der Waals surface area contributed by atoms with Crippen LogP contribution in [0.2, 0.25) is 5.02 Å². The number of nitrogens with zero attached hydrogens (tertiary/aromatic N) is 1. The first-order chi connectivity index (χ1) is 9.58. The first kappa shape index (κ1) is 14.4. The Bertz CT molecular complexity index is 677. The molecule has 5 heteroatoms. The van der Waals surface area contributed by atoms with E-state index < -0.39 is 5.97 Å². The van der Waals surface area contributed by atoms with Gasteiger partial charge >= 0.3 is 5.97 Å². The second-order valence-electron chi connectivity index (χ2n) is 4.06. The van der Waals surface area contributed by atoms with Gasteiger partial charge in [0.15, 0.2) is 0 Å². The Balaban J connectivity index is 2.27. The van der Waals surface area contributed by atoms with Crippen molar-refractivity contribution in [2.45, 2.75) is 16.2 Å². The van der Waals surface area contributed by atoms with Crippen LogP contribution in [0.15, 0.2) is 52.3 Å². The van der Waals surface area contributed by atoms with Crippen LogP contribution in [0.25, 0.3) is 0 Å². The molecule has 0 amide bonds. The van der Waals surface area contributed by atoms with Gasteiger partial charge < -0.3 is 5.11 Å². The topological polar surface area (TPSA) is 61.1 Å². The van der Waals surface area contributed by atoms with Gasteiger partial charge in [-0.1, -0.05) is 23.4 Å².